The molecule has 1 aromatic rings. The summed E-state index contributed by atoms with van der Waals surface area (Å²) in [5.41, 5.74) is 1.05. The molecule has 0 aliphatic carbocycles. The van der Waals surface area contributed by atoms with Gasteiger partial charge >= 0.3 is 0 Å². The van der Waals surface area contributed by atoms with Gasteiger partial charge in [0.25, 0.3) is 0 Å². The second-order valence-corrected chi connectivity index (χ2v) is 5.70. The second kappa shape index (κ2) is 9.95. The fourth-order valence-corrected chi connectivity index (χ4v) is 3.15. The summed E-state index contributed by atoms with van der Waals surface area (Å²) in [6.45, 7) is 6.22. The Morgan fingerprint density at radius 1 is 1.25 bits per heavy atom. The van der Waals surface area contributed by atoms with Gasteiger partial charge in [0.1, 0.15) is 0 Å². The molecule has 0 spiro atoms. The maximum Gasteiger partial charge on any atom is 0.0558 e. The molecule has 1 heterocycles. The summed E-state index contributed by atoms with van der Waals surface area (Å²) in [4.78, 5) is 3.58. The van der Waals surface area contributed by atoms with Crippen molar-refractivity contribution in [2.24, 2.45) is 0 Å². The van der Waals surface area contributed by atoms with Crippen LogP contribution in [0.1, 0.15) is 43.6 Å². The van der Waals surface area contributed by atoms with Crippen molar-refractivity contribution in [1.29, 1.82) is 0 Å². The third-order valence-corrected chi connectivity index (χ3v) is 4.30. The third-order valence-electron chi connectivity index (χ3n) is 3.40. The summed E-state index contributed by atoms with van der Waals surface area (Å²) < 4.78 is 0. The zero-order chi connectivity index (χ0) is 14.8. The third kappa shape index (κ3) is 5.26. The Kier molecular flexibility index (Phi) is 8.56. The van der Waals surface area contributed by atoms with E-state index in [4.69, 9.17) is 5.11 Å². The van der Waals surface area contributed by atoms with Crippen LogP contribution in [-0.4, -0.2) is 40.9 Å². The molecule has 0 amide bonds. The molecule has 2 N–H and O–H groups in total. The SMILES string of the molecule is CCC(CC)N(CCO)Cc1sccc1C#CCCO. The quantitative estimate of drug-likeness (QED) is 0.724. The molecular formula is C16H25NO2S. The summed E-state index contributed by atoms with van der Waals surface area (Å²) in [6, 6.07) is 2.54. The predicted octanol–water partition coefficient (Wildman–Crippen LogP) is 2.46. The Hall–Kier alpha value is -0.860. The van der Waals surface area contributed by atoms with Gasteiger partial charge in [-0.3, -0.25) is 4.90 Å². The molecule has 1 rings (SSSR count). The lowest BCUT2D eigenvalue weighted by atomic mass is 10.1. The van der Waals surface area contributed by atoms with Crippen LogP contribution in [0.5, 0.6) is 0 Å². The topological polar surface area (TPSA) is 43.7 Å². The molecule has 0 aliphatic rings. The van der Waals surface area contributed by atoms with Crippen LogP contribution in [0.25, 0.3) is 0 Å². The van der Waals surface area contributed by atoms with Gasteiger partial charge in [0.05, 0.1) is 13.2 Å². The van der Waals surface area contributed by atoms with E-state index in [2.05, 4.69) is 36.0 Å². The highest BCUT2D eigenvalue weighted by atomic mass is 32.1. The van der Waals surface area contributed by atoms with Crippen LogP contribution in [0.4, 0.5) is 0 Å². The van der Waals surface area contributed by atoms with E-state index >= 15 is 0 Å². The first-order valence-electron chi connectivity index (χ1n) is 7.27. The molecule has 4 heteroatoms. The van der Waals surface area contributed by atoms with E-state index < -0.39 is 0 Å². The summed E-state index contributed by atoms with van der Waals surface area (Å²) in [5, 5.41) is 20.1. The zero-order valence-electron chi connectivity index (χ0n) is 12.4. The molecule has 0 aromatic carbocycles. The fraction of sp³-hybridized carbons (Fsp3) is 0.625. The lowest BCUT2D eigenvalue weighted by Gasteiger charge is -2.29. The van der Waals surface area contributed by atoms with E-state index in [9.17, 15) is 5.11 Å². The van der Waals surface area contributed by atoms with E-state index in [-0.39, 0.29) is 13.2 Å². The minimum absolute atomic E-state index is 0.108. The molecule has 3 nitrogen and oxygen atoms in total. The maximum absolute atomic E-state index is 9.25. The number of hydrogen-bond acceptors (Lipinski definition) is 4. The van der Waals surface area contributed by atoms with Crippen LogP contribution in [0.2, 0.25) is 0 Å². The standard InChI is InChI=1S/C16H25NO2S/c1-3-15(4-2)17(9-11-19)13-16-14(8-12-20-16)7-5-6-10-18/h8,12,15,18-19H,3-4,6,9-11,13H2,1-2H3. The van der Waals surface area contributed by atoms with Crippen molar-refractivity contribution in [1.82, 2.24) is 4.90 Å². The maximum atomic E-state index is 9.25. The summed E-state index contributed by atoms with van der Waals surface area (Å²) >= 11 is 1.71. The second-order valence-electron chi connectivity index (χ2n) is 4.70. The Morgan fingerprint density at radius 3 is 2.60 bits per heavy atom. The number of rotatable bonds is 8. The van der Waals surface area contributed by atoms with Gasteiger partial charge in [0.15, 0.2) is 0 Å². The lowest BCUT2D eigenvalue weighted by Crippen LogP contribution is -2.36. The van der Waals surface area contributed by atoms with Gasteiger partial charge < -0.3 is 10.2 Å². The van der Waals surface area contributed by atoms with Crippen molar-refractivity contribution in [3.05, 3.63) is 21.9 Å². The highest BCUT2D eigenvalue weighted by Crippen LogP contribution is 2.21. The number of aliphatic hydroxyl groups is 2. The summed E-state index contributed by atoms with van der Waals surface area (Å²) in [7, 11) is 0. The van der Waals surface area contributed by atoms with Crippen molar-refractivity contribution >= 4 is 11.3 Å². The minimum atomic E-state index is 0.108. The number of thiophene rings is 1. The highest BCUT2D eigenvalue weighted by Gasteiger charge is 2.16. The summed E-state index contributed by atoms with van der Waals surface area (Å²) in [5.74, 6) is 6.11. The Bertz CT molecular complexity index is 429. The molecule has 0 aliphatic heterocycles. The molecule has 0 saturated heterocycles. The number of nitrogens with zero attached hydrogens (tertiary/aromatic N) is 1. The van der Waals surface area contributed by atoms with Crippen LogP contribution in [0, 0.1) is 11.8 Å². The molecule has 1 aromatic heterocycles. The van der Waals surface area contributed by atoms with Gasteiger partial charge in [0.2, 0.25) is 0 Å². The number of hydrogen-bond donors (Lipinski definition) is 2. The smallest absolute Gasteiger partial charge is 0.0558 e. The van der Waals surface area contributed by atoms with Crippen LogP contribution < -0.4 is 0 Å². The van der Waals surface area contributed by atoms with Gasteiger partial charge in [-0.25, -0.2) is 0 Å². The van der Waals surface area contributed by atoms with Crippen molar-refractivity contribution in [2.45, 2.75) is 45.7 Å². The van der Waals surface area contributed by atoms with Crippen LogP contribution in [0.3, 0.4) is 0 Å². The fourth-order valence-electron chi connectivity index (χ4n) is 2.30. The van der Waals surface area contributed by atoms with Crippen molar-refractivity contribution in [2.75, 3.05) is 19.8 Å². The highest BCUT2D eigenvalue weighted by molar-refractivity contribution is 7.10. The normalized spacial score (nSPS) is 10.9. The lowest BCUT2D eigenvalue weighted by molar-refractivity contribution is 0.137. The van der Waals surface area contributed by atoms with Crippen molar-refractivity contribution in [3.8, 4) is 11.8 Å². The van der Waals surface area contributed by atoms with Gasteiger partial charge in [0, 0.05) is 36.0 Å². The Morgan fingerprint density at radius 2 is 2.00 bits per heavy atom. The summed E-state index contributed by atoms with van der Waals surface area (Å²) in [6.07, 6.45) is 2.70. The first kappa shape index (κ1) is 17.2. The largest absolute Gasteiger partial charge is 0.395 e. The van der Waals surface area contributed by atoms with E-state index in [0.29, 0.717) is 19.0 Å². The minimum Gasteiger partial charge on any atom is -0.395 e. The molecule has 0 atom stereocenters. The van der Waals surface area contributed by atoms with Gasteiger partial charge in [-0.2, -0.15) is 0 Å². The van der Waals surface area contributed by atoms with Crippen LogP contribution in [-0.2, 0) is 6.54 Å². The molecule has 0 unspecified atom stereocenters. The molecule has 112 valence electrons. The molecular weight excluding hydrogens is 270 g/mol. The predicted molar refractivity (Wildman–Crippen MR) is 84.8 cm³/mol. The molecule has 0 bridgehead atoms. The zero-order valence-corrected chi connectivity index (χ0v) is 13.2. The van der Waals surface area contributed by atoms with Gasteiger partial charge in [-0.15, -0.1) is 11.3 Å². The van der Waals surface area contributed by atoms with E-state index in [0.717, 1.165) is 24.9 Å². The average molecular weight is 295 g/mol. The average Bonchev–Trinajstić information content (AvgIpc) is 2.88. The monoisotopic (exact) mass is 295 g/mol. The van der Waals surface area contributed by atoms with Gasteiger partial charge in [-0.1, -0.05) is 25.7 Å². The Balaban J connectivity index is 2.79. The van der Waals surface area contributed by atoms with E-state index in [1.165, 1.54) is 4.88 Å². The van der Waals surface area contributed by atoms with Gasteiger partial charge in [-0.05, 0) is 24.3 Å². The Labute approximate surface area is 126 Å². The first-order chi connectivity index (χ1) is 9.76. The molecule has 0 radical (unpaired) electrons. The van der Waals surface area contributed by atoms with Crippen LogP contribution in [0.15, 0.2) is 11.4 Å². The molecule has 0 saturated carbocycles. The van der Waals surface area contributed by atoms with E-state index in [1.807, 2.05) is 6.07 Å². The van der Waals surface area contributed by atoms with E-state index in [1.54, 1.807) is 11.3 Å². The molecule has 20 heavy (non-hydrogen) atoms. The van der Waals surface area contributed by atoms with Crippen molar-refractivity contribution in [3.63, 3.8) is 0 Å². The van der Waals surface area contributed by atoms with Crippen molar-refractivity contribution < 1.29 is 10.2 Å². The molecule has 0 fully saturated rings. The first-order valence-corrected chi connectivity index (χ1v) is 8.15. The number of aliphatic hydroxyl groups excluding tert-OH is 2. The van der Waals surface area contributed by atoms with Crippen LogP contribution >= 0.6 is 11.3 Å².